The molecule has 1 aliphatic carbocycles. The van der Waals surface area contributed by atoms with Gasteiger partial charge in [-0.25, -0.2) is 9.97 Å². The molecule has 1 aliphatic heterocycles. The lowest BCUT2D eigenvalue weighted by Gasteiger charge is -2.34. The fourth-order valence-corrected chi connectivity index (χ4v) is 3.69. The van der Waals surface area contributed by atoms with Crippen molar-refractivity contribution < 1.29 is 4.79 Å². The van der Waals surface area contributed by atoms with Crippen LogP contribution in [-0.2, 0) is 0 Å². The average Bonchev–Trinajstić information content (AvgIpc) is 3.21. The maximum absolute atomic E-state index is 12.8. The molecule has 2 aromatic heterocycles. The van der Waals surface area contributed by atoms with Gasteiger partial charge in [-0.05, 0) is 25.0 Å². The van der Waals surface area contributed by atoms with E-state index in [-0.39, 0.29) is 5.91 Å². The van der Waals surface area contributed by atoms with E-state index in [0.717, 1.165) is 24.7 Å². The molecule has 0 atom stereocenters. The van der Waals surface area contributed by atoms with Gasteiger partial charge in [0.25, 0.3) is 5.91 Å². The van der Waals surface area contributed by atoms with E-state index in [2.05, 4.69) is 25.2 Å². The number of piperazine rings is 1. The van der Waals surface area contributed by atoms with Gasteiger partial charge in [-0.15, -0.1) is 0 Å². The second-order valence-corrected chi connectivity index (χ2v) is 6.92. The van der Waals surface area contributed by atoms with Crippen LogP contribution in [0.2, 0.25) is 0 Å². The molecule has 0 unspecified atom stereocenters. The van der Waals surface area contributed by atoms with Crippen molar-refractivity contribution in [3.63, 3.8) is 0 Å². The van der Waals surface area contributed by atoms with E-state index in [1.807, 2.05) is 17.0 Å². The van der Waals surface area contributed by atoms with Gasteiger partial charge in [0.05, 0.1) is 11.3 Å². The molecule has 1 amide bonds. The van der Waals surface area contributed by atoms with Crippen LogP contribution in [0.5, 0.6) is 0 Å². The lowest BCUT2D eigenvalue weighted by atomic mass is 10.2. The lowest BCUT2D eigenvalue weighted by Crippen LogP contribution is -2.49. The Morgan fingerprint density at radius 1 is 1.04 bits per heavy atom. The maximum atomic E-state index is 12.8. The van der Waals surface area contributed by atoms with E-state index in [1.54, 1.807) is 24.8 Å². The van der Waals surface area contributed by atoms with Gasteiger partial charge in [-0.2, -0.15) is 0 Å². The summed E-state index contributed by atoms with van der Waals surface area (Å²) in [5, 5.41) is 3.51. The predicted octanol–water partition coefficient (Wildman–Crippen LogP) is 2.19. The molecule has 4 rings (SSSR count). The molecule has 7 heteroatoms. The zero-order valence-corrected chi connectivity index (χ0v) is 14.8. The van der Waals surface area contributed by atoms with Crippen LogP contribution in [0, 0.1) is 0 Å². The van der Waals surface area contributed by atoms with Gasteiger partial charge < -0.3 is 15.1 Å². The van der Waals surface area contributed by atoms with Crippen LogP contribution in [0.3, 0.4) is 0 Å². The van der Waals surface area contributed by atoms with Crippen LogP contribution in [0.4, 0.5) is 11.6 Å². The minimum Gasteiger partial charge on any atom is -0.381 e. The first-order valence-corrected chi connectivity index (χ1v) is 9.32. The fourth-order valence-electron chi connectivity index (χ4n) is 3.69. The van der Waals surface area contributed by atoms with Gasteiger partial charge in [0.15, 0.2) is 0 Å². The highest BCUT2D eigenvalue weighted by Crippen LogP contribution is 2.22. The highest BCUT2D eigenvalue weighted by atomic mass is 16.2. The van der Waals surface area contributed by atoms with E-state index in [1.165, 1.54) is 25.7 Å². The first-order chi connectivity index (χ1) is 12.8. The summed E-state index contributed by atoms with van der Waals surface area (Å²) in [5.41, 5.74) is 1.59. The molecular formula is C19H24N6O. The van der Waals surface area contributed by atoms with Gasteiger partial charge in [0.2, 0.25) is 5.95 Å². The van der Waals surface area contributed by atoms with E-state index >= 15 is 0 Å². The van der Waals surface area contributed by atoms with Crippen LogP contribution in [0.1, 0.15) is 36.0 Å². The summed E-state index contributed by atoms with van der Waals surface area (Å²) < 4.78 is 0. The average molecular weight is 352 g/mol. The number of carbonyl (C=O) groups excluding carboxylic acids is 1. The van der Waals surface area contributed by atoms with Gasteiger partial charge in [-0.1, -0.05) is 12.8 Å². The summed E-state index contributed by atoms with van der Waals surface area (Å²) in [7, 11) is 0. The molecular weight excluding hydrogens is 328 g/mol. The monoisotopic (exact) mass is 352 g/mol. The smallest absolute Gasteiger partial charge is 0.255 e. The minimum atomic E-state index is 0.0428. The zero-order valence-electron chi connectivity index (χ0n) is 14.8. The number of amides is 1. The molecule has 26 heavy (non-hydrogen) atoms. The summed E-state index contributed by atoms with van der Waals surface area (Å²) in [5.74, 6) is 0.769. The number of carbonyl (C=O) groups is 1. The molecule has 1 saturated heterocycles. The molecule has 7 nitrogen and oxygen atoms in total. The Morgan fingerprint density at radius 2 is 1.77 bits per heavy atom. The summed E-state index contributed by atoms with van der Waals surface area (Å²) >= 11 is 0. The highest BCUT2D eigenvalue weighted by Gasteiger charge is 2.24. The number of pyridine rings is 1. The number of anilines is 2. The first kappa shape index (κ1) is 16.8. The maximum Gasteiger partial charge on any atom is 0.255 e. The van der Waals surface area contributed by atoms with Crippen molar-refractivity contribution in [2.75, 3.05) is 36.4 Å². The Kier molecular flexibility index (Phi) is 4.95. The van der Waals surface area contributed by atoms with Crippen molar-refractivity contribution in [1.29, 1.82) is 0 Å². The largest absolute Gasteiger partial charge is 0.381 e. The van der Waals surface area contributed by atoms with Crippen LogP contribution < -0.4 is 10.2 Å². The molecule has 136 valence electrons. The van der Waals surface area contributed by atoms with E-state index in [0.29, 0.717) is 24.7 Å². The molecule has 2 aliphatic rings. The normalized spacial score (nSPS) is 18.2. The Balaban J connectivity index is 1.37. The number of hydrogen-bond acceptors (Lipinski definition) is 6. The Morgan fingerprint density at radius 3 is 2.50 bits per heavy atom. The van der Waals surface area contributed by atoms with Crippen molar-refractivity contribution in [2.45, 2.75) is 31.7 Å². The number of aromatic nitrogens is 3. The summed E-state index contributed by atoms with van der Waals surface area (Å²) in [6.07, 6.45) is 11.9. The molecule has 3 heterocycles. The van der Waals surface area contributed by atoms with Crippen molar-refractivity contribution in [3.05, 3.63) is 42.5 Å². The van der Waals surface area contributed by atoms with Crippen molar-refractivity contribution in [3.8, 4) is 0 Å². The number of nitrogens with one attached hydrogen (secondary N) is 1. The zero-order chi connectivity index (χ0) is 17.8. The summed E-state index contributed by atoms with van der Waals surface area (Å²) in [4.78, 5) is 29.7. The quantitative estimate of drug-likeness (QED) is 0.909. The van der Waals surface area contributed by atoms with Gasteiger partial charge in [0.1, 0.15) is 0 Å². The number of hydrogen-bond donors (Lipinski definition) is 1. The summed E-state index contributed by atoms with van der Waals surface area (Å²) in [6, 6.07) is 4.25. The highest BCUT2D eigenvalue weighted by molar-refractivity contribution is 5.94. The summed E-state index contributed by atoms with van der Waals surface area (Å²) in [6.45, 7) is 2.81. The predicted molar refractivity (Wildman–Crippen MR) is 100 cm³/mol. The molecule has 0 spiro atoms. The Hall–Kier alpha value is -2.70. The molecule has 1 saturated carbocycles. The third-order valence-corrected chi connectivity index (χ3v) is 5.11. The van der Waals surface area contributed by atoms with Crippen LogP contribution >= 0.6 is 0 Å². The Bertz CT molecular complexity index is 739. The van der Waals surface area contributed by atoms with Crippen LogP contribution in [0.25, 0.3) is 0 Å². The van der Waals surface area contributed by atoms with Crippen LogP contribution in [-0.4, -0.2) is 58.0 Å². The topological polar surface area (TPSA) is 74.2 Å². The number of nitrogens with zero attached hydrogens (tertiary/aromatic N) is 5. The first-order valence-electron chi connectivity index (χ1n) is 9.32. The van der Waals surface area contributed by atoms with Crippen molar-refractivity contribution >= 4 is 17.5 Å². The van der Waals surface area contributed by atoms with E-state index in [9.17, 15) is 4.79 Å². The van der Waals surface area contributed by atoms with E-state index < -0.39 is 0 Å². The molecule has 0 aromatic carbocycles. The van der Waals surface area contributed by atoms with Gasteiger partial charge in [-0.3, -0.25) is 9.78 Å². The van der Waals surface area contributed by atoms with Crippen LogP contribution in [0.15, 0.2) is 36.9 Å². The van der Waals surface area contributed by atoms with Gasteiger partial charge >= 0.3 is 0 Å². The minimum absolute atomic E-state index is 0.0428. The number of rotatable bonds is 4. The lowest BCUT2D eigenvalue weighted by molar-refractivity contribution is 0.0746. The molecule has 0 bridgehead atoms. The third-order valence-electron chi connectivity index (χ3n) is 5.11. The third kappa shape index (κ3) is 3.76. The van der Waals surface area contributed by atoms with E-state index in [4.69, 9.17) is 0 Å². The second kappa shape index (κ2) is 7.68. The molecule has 2 fully saturated rings. The second-order valence-electron chi connectivity index (χ2n) is 6.92. The fraction of sp³-hybridized carbons (Fsp3) is 0.474. The SMILES string of the molecule is O=C(c1cncc(NC2CCCC2)c1)N1CCN(c2ncccn2)CC1. The Labute approximate surface area is 153 Å². The molecule has 1 N–H and O–H groups in total. The molecule has 2 aromatic rings. The molecule has 0 radical (unpaired) electrons. The van der Waals surface area contributed by atoms with Gasteiger partial charge in [0, 0.05) is 57.0 Å². The van der Waals surface area contributed by atoms with Crippen molar-refractivity contribution in [2.24, 2.45) is 0 Å². The standard InChI is InChI=1S/C19H24N6O/c26-18(15-12-17(14-20-13-15)23-16-4-1-2-5-16)24-8-10-25(11-9-24)19-21-6-3-7-22-19/h3,6-7,12-14,16,23H,1-2,4-5,8-11H2. The van der Waals surface area contributed by atoms with Crippen molar-refractivity contribution in [1.82, 2.24) is 19.9 Å².